The van der Waals surface area contributed by atoms with Crippen molar-refractivity contribution in [2.75, 3.05) is 20.1 Å². The SMILES string of the molecule is CC(=O)N(OCc1ccccc1)C1CCCN(C)C1. The molecule has 0 aliphatic carbocycles. The van der Waals surface area contributed by atoms with E-state index in [0.29, 0.717) is 6.61 Å². The molecule has 19 heavy (non-hydrogen) atoms. The Hall–Kier alpha value is -1.39. The van der Waals surface area contributed by atoms with Crippen molar-refractivity contribution in [1.29, 1.82) is 0 Å². The molecule has 0 radical (unpaired) electrons. The number of carbonyl (C=O) groups is 1. The summed E-state index contributed by atoms with van der Waals surface area (Å²) >= 11 is 0. The summed E-state index contributed by atoms with van der Waals surface area (Å²) in [4.78, 5) is 19.7. The molecule has 4 nitrogen and oxygen atoms in total. The van der Waals surface area contributed by atoms with Crippen molar-refractivity contribution in [3.05, 3.63) is 35.9 Å². The van der Waals surface area contributed by atoms with Gasteiger partial charge in [0.2, 0.25) is 5.91 Å². The van der Waals surface area contributed by atoms with E-state index in [-0.39, 0.29) is 11.9 Å². The number of likely N-dealkylation sites (tertiary alicyclic amines) is 1. The van der Waals surface area contributed by atoms with Crippen molar-refractivity contribution in [3.63, 3.8) is 0 Å². The predicted octanol–water partition coefficient (Wildman–Crippen LogP) is 2.06. The van der Waals surface area contributed by atoms with Gasteiger partial charge >= 0.3 is 0 Å². The van der Waals surface area contributed by atoms with Crippen LogP contribution in [-0.4, -0.2) is 42.0 Å². The fourth-order valence-corrected chi connectivity index (χ4v) is 2.50. The van der Waals surface area contributed by atoms with Crippen molar-refractivity contribution >= 4 is 5.91 Å². The molecule has 0 N–H and O–H groups in total. The Labute approximate surface area is 114 Å². The van der Waals surface area contributed by atoms with Gasteiger partial charge in [-0.1, -0.05) is 30.3 Å². The number of likely N-dealkylation sites (N-methyl/N-ethyl adjacent to an activating group) is 1. The normalized spacial score (nSPS) is 20.2. The van der Waals surface area contributed by atoms with Crippen molar-refractivity contribution < 1.29 is 9.63 Å². The van der Waals surface area contributed by atoms with Crippen LogP contribution in [-0.2, 0) is 16.2 Å². The molecule has 0 bridgehead atoms. The highest BCUT2D eigenvalue weighted by Crippen LogP contribution is 2.16. The van der Waals surface area contributed by atoms with E-state index in [1.165, 1.54) is 0 Å². The van der Waals surface area contributed by atoms with E-state index >= 15 is 0 Å². The van der Waals surface area contributed by atoms with Gasteiger partial charge in [-0.05, 0) is 32.0 Å². The minimum absolute atomic E-state index is 0.0174. The first-order valence-electron chi connectivity index (χ1n) is 6.82. The van der Waals surface area contributed by atoms with Crippen molar-refractivity contribution in [2.24, 2.45) is 0 Å². The summed E-state index contributed by atoms with van der Waals surface area (Å²) in [5.74, 6) is -0.0174. The minimum Gasteiger partial charge on any atom is -0.304 e. The van der Waals surface area contributed by atoms with Crippen LogP contribution in [0.4, 0.5) is 0 Å². The van der Waals surface area contributed by atoms with Crippen LogP contribution in [0.15, 0.2) is 30.3 Å². The number of hydrogen-bond acceptors (Lipinski definition) is 3. The monoisotopic (exact) mass is 262 g/mol. The smallest absolute Gasteiger partial charge is 0.243 e. The predicted molar refractivity (Wildman–Crippen MR) is 74.3 cm³/mol. The first kappa shape index (κ1) is 14.0. The third-order valence-corrected chi connectivity index (χ3v) is 3.45. The van der Waals surface area contributed by atoms with Crippen LogP contribution in [0, 0.1) is 0 Å². The molecule has 1 saturated heterocycles. The highest BCUT2D eigenvalue weighted by molar-refractivity contribution is 5.72. The quantitative estimate of drug-likeness (QED) is 0.779. The molecule has 0 saturated carbocycles. The second-order valence-corrected chi connectivity index (χ2v) is 5.16. The molecule has 1 aromatic carbocycles. The molecule has 1 aliphatic rings. The summed E-state index contributed by atoms with van der Waals surface area (Å²) in [5.41, 5.74) is 1.08. The Kier molecular flexibility index (Phi) is 4.93. The molecule has 2 rings (SSSR count). The average Bonchev–Trinajstić information content (AvgIpc) is 2.40. The third-order valence-electron chi connectivity index (χ3n) is 3.45. The van der Waals surface area contributed by atoms with E-state index in [9.17, 15) is 4.79 Å². The van der Waals surface area contributed by atoms with Crippen LogP contribution in [0.5, 0.6) is 0 Å². The molecule has 1 fully saturated rings. The van der Waals surface area contributed by atoms with Gasteiger partial charge in [0.1, 0.15) is 6.61 Å². The molecule has 104 valence electrons. The van der Waals surface area contributed by atoms with Crippen LogP contribution in [0.1, 0.15) is 25.3 Å². The number of piperidine rings is 1. The first-order chi connectivity index (χ1) is 9.16. The fraction of sp³-hybridized carbons (Fsp3) is 0.533. The van der Waals surface area contributed by atoms with Crippen LogP contribution < -0.4 is 0 Å². The summed E-state index contributed by atoms with van der Waals surface area (Å²) < 4.78 is 0. The lowest BCUT2D eigenvalue weighted by Gasteiger charge is -2.36. The number of carbonyl (C=O) groups excluding carboxylic acids is 1. The fourth-order valence-electron chi connectivity index (χ4n) is 2.50. The van der Waals surface area contributed by atoms with Gasteiger partial charge in [-0.2, -0.15) is 0 Å². The van der Waals surface area contributed by atoms with Crippen molar-refractivity contribution in [1.82, 2.24) is 9.96 Å². The number of hydroxylamine groups is 2. The van der Waals surface area contributed by atoms with Gasteiger partial charge in [-0.25, -0.2) is 5.06 Å². The molecule has 4 heteroatoms. The van der Waals surface area contributed by atoms with Crippen LogP contribution in [0.2, 0.25) is 0 Å². The zero-order chi connectivity index (χ0) is 13.7. The van der Waals surface area contributed by atoms with Gasteiger partial charge < -0.3 is 4.90 Å². The lowest BCUT2D eigenvalue weighted by molar-refractivity contribution is -0.208. The van der Waals surface area contributed by atoms with Gasteiger partial charge in [-0.15, -0.1) is 0 Å². The molecular weight excluding hydrogens is 240 g/mol. The number of rotatable bonds is 4. The van der Waals surface area contributed by atoms with E-state index in [1.54, 1.807) is 12.0 Å². The first-order valence-corrected chi connectivity index (χ1v) is 6.82. The lowest BCUT2D eigenvalue weighted by Crippen LogP contribution is -2.48. The Morgan fingerprint density at radius 2 is 2.16 bits per heavy atom. The summed E-state index contributed by atoms with van der Waals surface area (Å²) in [7, 11) is 2.08. The maximum atomic E-state index is 11.8. The van der Waals surface area contributed by atoms with Crippen LogP contribution in [0.25, 0.3) is 0 Å². The van der Waals surface area contributed by atoms with Crippen molar-refractivity contribution in [2.45, 2.75) is 32.4 Å². The molecule has 0 aromatic heterocycles. The molecule has 1 atom stereocenters. The van der Waals surface area contributed by atoms with E-state index in [4.69, 9.17) is 4.84 Å². The Bertz CT molecular complexity index is 408. The zero-order valence-electron chi connectivity index (χ0n) is 11.7. The summed E-state index contributed by atoms with van der Waals surface area (Å²) in [6.45, 7) is 4.00. The number of hydrogen-bond donors (Lipinski definition) is 0. The van der Waals surface area contributed by atoms with E-state index < -0.39 is 0 Å². The molecular formula is C15H22N2O2. The maximum Gasteiger partial charge on any atom is 0.243 e. The Balaban J connectivity index is 1.94. The molecule has 1 unspecified atom stereocenters. The van der Waals surface area contributed by atoms with Crippen LogP contribution in [0.3, 0.4) is 0 Å². The van der Waals surface area contributed by atoms with E-state index in [1.807, 2.05) is 30.3 Å². The third kappa shape index (κ3) is 4.04. The second kappa shape index (κ2) is 6.68. The van der Waals surface area contributed by atoms with Gasteiger partial charge in [-0.3, -0.25) is 9.63 Å². The Morgan fingerprint density at radius 1 is 1.42 bits per heavy atom. The molecule has 1 aromatic rings. The Morgan fingerprint density at radius 3 is 2.79 bits per heavy atom. The summed E-state index contributed by atoms with van der Waals surface area (Å²) in [6, 6.07) is 10.1. The standard InChI is InChI=1S/C15H22N2O2/c1-13(18)17(15-9-6-10-16(2)11-15)19-12-14-7-4-3-5-8-14/h3-5,7-8,15H,6,9-12H2,1-2H3. The molecule has 1 heterocycles. The highest BCUT2D eigenvalue weighted by atomic mass is 16.7. The highest BCUT2D eigenvalue weighted by Gasteiger charge is 2.26. The number of benzene rings is 1. The van der Waals surface area contributed by atoms with E-state index in [2.05, 4.69) is 11.9 Å². The largest absolute Gasteiger partial charge is 0.304 e. The van der Waals surface area contributed by atoms with Gasteiger partial charge in [0, 0.05) is 13.5 Å². The maximum absolute atomic E-state index is 11.8. The van der Waals surface area contributed by atoms with Gasteiger partial charge in [0.25, 0.3) is 0 Å². The number of nitrogens with zero attached hydrogens (tertiary/aromatic N) is 2. The van der Waals surface area contributed by atoms with Crippen LogP contribution >= 0.6 is 0 Å². The topological polar surface area (TPSA) is 32.8 Å². The summed E-state index contributed by atoms with van der Waals surface area (Å²) in [5, 5.41) is 1.56. The molecule has 1 amide bonds. The molecule has 0 spiro atoms. The van der Waals surface area contributed by atoms with Gasteiger partial charge in [0.05, 0.1) is 6.04 Å². The number of amides is 1. The zero-order valence-corrected chi connectivity index (χ0v) is 11.7. The summed E-state index contributed by atoms with van der Waals surface area (Å²) in [6.07, 6.45) is 2.12. The van der Waals surface area contributed by atoms with Gasteiger partial charge in [0.15, 0.2) is 0 Å². The van der Waals surface area contributed by atoms with Crippen molar-refractivity contribution in [3.8, 4) is 0 Å². The van der Waals surface area contributed by atoms with E-state index in [0.717, 1.165) is 31.5 Å². The second-order valence-electron chi connectivity index (χ2n) is 5.16. The lowest BCUT2D eigenvalue weighted by atomic mass is 10.1. The molecule has 1 aliphatic heterocycles. The minimum atomic E-state index is -0.0174. The average molecular weight is 262 g/mol.